The molecule has 0 fully saturated rings. The summed E-state index contributed by atoms with van der Waals surface area (Å²) in [4.78, 5) is 12.9. The Balaban J connectivity index is 1.63. The van der Waals surface area contributed by atoms with E-state index in [-0.39, 0.29) is 28.8 Å². The van der Waals surface area contributed by atoms with Crippen LogP contribution in [0.25, 0.3) is 17.1 Å². The minimum Gasteiger partial charge on any atom is -0.503 e. The van der Waals surface area contributed by atoms with Gasteiger partial charge in [-0.15, -0.1) is 5.10 Å². The first-order valence-corrected chi connectivity index (χ1v) is 10.4. The lowest BCUT2D eigenvalue weighted by molar-refractivity contribution is 0.0950. The van der Waals surface area contributed by atoms with Crippen LogP contribution in [0.1, 0.15) is 23.0 Å². The van der Waals surface area contributed by atoms with E-state index >= 15 is 0 Å². The number of hydrogen-bond acceptors (Lipinski definition) is 10. The van der Waals surface area contributed by atoms with Gasteiger partial charge in [0, 0.05) is 5.56 Å². The minimum absolute atomic E-state index is 0.00919. The molecule has 13 heteroatoms. The molecule has 2 aromatic heterocycles. The van der Waals surface area contributed by atoms with Crippen molar-refractivity contribution in [1.82, 2.24) is 30.7 Å². The smallest absolute Gasteiger partial charge is 0.294 e. The second-order valence-corrected chi connectivity index (χ2v) is 7.37. The summed E-state index contributed by atoms with van der Waals surface area (Å²) in [5, 5.41) is 29.3. The largest absolute Gasteiger partial charge is 0.503 e. The van der Waals surface area contributed by atoms with Crippen LogP contribution in [-0.2, 0) is 0 Å². The van der Waals surface area contributed by atoms with Gasteiger partial charge in [-0.05, 0) is 50.9 Å². The molecule has 0 saturated heterocycles. The third kappa shape index (κ3) is 4.52. The zero-order valence-corrected chi connectivity index (χ0v) is 18.7. The molecule has 4 N–H and O–H groups in total. The van der Waals surface area contributed by atoms with Crippen molar-refractivity contribution >= 4 is 33.9 Å². The first-order chi connectivity index (χ1) is 16.0. The SMILES string of the molecule is CCOc1cc(/C=N/NC(=O)c2nnn(-c3nonc3N)c2-c2ccccc2)cc(Br)c1O. The Labute approximate surface area is 195 Å². The fourth-order valence-corrected chi connectivity index (χ4v) is 3.39. The number of hydrogen-bond donors (Lipinski definition) is 3. The van der Waals surface area contributed by atoms with Gasteiger partial charge in [0.25, 0.3) is 5.91 Å². The van der Waals surface area contributed by atoms with Gasteiger partial charge in [-0.2, -0.15) is 9.78 Å². The number of carbonyl (C=O) groups excluding carboxylic acids is 1. The zero-order chi connectivity index (χ0) is 23.4. The Bertz CT molecular complexity index is 1320. The number of benzene rings is 2. The van der Waals surface area contributed by atoms with Crippen LogP contribution >= 0.6 is 15.9 Å². The van der Waals surface area contributed by atoms with Crippen LogP contribution in [-0.4, -0.2) is 49.1 Å². The Morgan fingerprint density at radius 1 is 1.33 bits per heavy atom. The van der Waals surface area contributed by atoms with Gasteiger partial charge in [0.2, 0.25) is 11.6 Å². The summed E-state index contributed by atoms with van der Waals surface area (Å²) in [6.45, 7) is 2.18. The topological polar surface area (TPSA) is 167 Å². The fourth-order valence-electron chi connectivity index (χ4n) is 2.93. The number of nitrogens with one attached hydrogen (secondary N) is 1. The molecule has 1 amide bonds. The highest BCUT2D eigenvalue weighted by atomic mass is 79.9. The Morgan fingerprint density at radius 2 is 2.12 bits per heavy atom. The average molecular weight is 513 g/mol. The van der Waals surface area contributed by atoms with Crippen LogP contribution in [0, 0.1) is 0 Å². The molecule has 0 aliphatic rings. The van der Waals surface area contributed by atoms with E-state index in [0.29, 0.717) is 27.9 Å². The number of anilines is 1. The lowest BCUT2D eigenvalue weighted by Gasteiger charge is -2.08. The van der Waals surface area contributed by atoms with Crippen molar-refractivity contribution in [3.8, 4) is 28.6 Å². The Kier molecular flexibility index (Phi) is 6.31. The van der Waals surface area contributed by atoms with Crippen molar-refractivity contribution < 1.29 is 19.3 Å². The summed E-state index contributed by atoms with van der Waals surface area (Å²) in [6, 6.07) is 12.2. The van der Waals surface area contributed by atoms with E-state index in [0.717, 1.165) is 0 Å². The maximum Gasteiger partial charge on any atom is 0.294 e. The summed E-state index contributed by atoms with van der Waals surface area (Å²) in [5.74, 6) is -0.267. The molecule has 4 rings (SSSR count). The third-order valence-corrected chi connectivity index (χ3v) is 4.96. The van der Waals surface area contributed by atoms with Crippen LogP contribution in [0.4, 0.5) is 5.82 Å². The summed E-state index contributed by atoms with van der Waals surface area (Å²) in [5.41, 5.74) is 9.76. The van der Waals surface area contributed by atoms with Gasteiger partial charge in [-0.25, -0.2) is 10.1 Å². The van der Waals surface area contributed by atoms with Gasteiger partial charge in [0.05, 0.1) is 17.3 Å². The number of nitrogen functional groups attached to an aromatic ring is 1. The number of rotatable bonds is 7. The average Bonchev–Trinajstić information content (AvgIpc) is 3.43. The van der Waals surface area contributed by atoms with Crippen molar-refractivity contribution in [2.45, 2.75) is 6.92 Å². The molecule has 2 heterocycles. The number of nitrogens with zero attached hydrogens (tertiary/aromatic N) is 6. The normalized spacial score (nSPS) is 11.1. The maximum absolute atomic E-state index is 12.9. The molecular formula is C20H17BrN8O4. The maximum atomic E-state index is 12.9. The highest BCUT2D eigenvalue weighted by molar-refractivity contribution is 9.10. The highest BCUT2D eigenvalue weighted by Crippen LogP contribution is 2.35. The molecule has 12 nitrogen and oxygen atoms in total. The van der Waals surface area contributed by atoms with Gasteiger partial charge in [-0.3, -0.25) is 4.79 Å². The van der Waals surface area contributed by atoms with E-state index in [2.05, 4.69) is 51.7 Å². The predicted molar refractivity (Wildman–Crippen MR) is 121 cm³/mol. The van der Waals surface area contributed by atoms with Gasteiger partial charge in [0.15, 0.2) is 17.2 Å². The molecule has 0 unspecified atom stereocenters. The molecule has 0 aliphatic heterocycles. The number of carbonyl (C=O) groups is 1. The van der Waals surface area contributed by atoms with Crippen LogP contribution in [0.3, 0.4) is 0 Å². The first-order valence-electron chi connectivity index (χ1n) is 9.57. The number of phenolic OH excluding ortho intramolecular Hbond substituents is 1. The van der Waals surface area contributed by atoms with Crippen LogP contribution in [0.15, 0.2) is 56.7 Å². The standard InChI is InChI=1S/C20H17BrN8O4/c1-2-32-14-9-11(8-13(21)17(14)30)10-23-25-20(31)15-16(12-6-4-3-5-7-12)29(28-24-15)19-18(22)26-33-27-19/h3-10,30H,2H2,1H3,(H2,22,26)(H,25,31)/b23-10+. The van der Waals surface area contributed by atoms with Gasteiger partial charge < -0.3 is 15.6 Å². The lowest BCUT2D eigenvalue weighted by Crippen LogP contribution is -2.19. The molecule has 0 saturated carbocycles. The van der Waals surface area contributed by atoms with E-state index in [4.69, 9.17) is 10.5 Å². The number of phenols is 1. The molecule has 0 atom stereocenters. The highest BCUT2D eigenvalue weighted by Gasteiger charge is 2.25. The molecule has 4 aromatic rings. The van der Waals surface area contributed by atoms with Gasteiger partial charge >= 0.3 is 0 Å². The number of amides is 1. The molecule has 33 heavy (non-hydrogen) atoms. The molecule has 0 spiro atoms. The zero-order valence-electron chi connectivity index (χ0n) is 17.1. The summed E-state index contributed by atoms with van der Waals surface area (Å²) in [6.07, 6.45) is 1.40. The molecule has 0 radical (unpaired) electrons. The quantitative estimate of drug-likeness (QED) is 0.249. The predicted octanol–water partition coefficient (Wildman–Crippen LogP) is 2.53. The number of halogens is 1. The van der Waals surface area contributed by atoms with E-state index in [1.165, 1.54) is 10.9 Å². The van der Waals surface area contributed by atoms with Crippen molar-refractivity contribution in [2.75, 3.05) is 12.3 Å². The van der Waals surface area contributed by atoms with Crippen LogP contribution < -0.4 is 15.9 Å². The summed E-state index contributed by atoms with van der Waals surface area (Å²) < 4.78 is 11.7. The fraction of sp³-hybridized carbons (Fsp3) is 0.100. The van der Waals surface area contributed by atoms with Gasteiger partial charge in [-0.1, -0.05) is 35.5 Å². The summed E-state index contributed by atoms with van der Waals surface area (Å²) in [7, 11) is 0. The van der Waals surface area contributed by atoms with Crippen molar-refractivity contribution in [1.29, 1.82) is 0 Å². The van der Waals surface area contributed by atoms with Crippen LogP contribution in [0.5, 0.6) is 11.5 Å². The van der Waals surface area contributed by atoms with E-state index in [9.17, 15) is 9.90 Å². The first kappa shape index (κ1) is 22.0. The van der Waals surface area contributed by atoms with E-state index < -0.39 is 5.91 Å². The Hall–Kier alpha value is -4.26. The van der Waals surface area contributed by atoms with Crippen molar-refractivity contribution in [3.05, 3.63) is 58.2 Å². The second-order valence-electron chi connectivity index (χ2n) is 6.52. The van der Waals surface area contributed by atoms with Crippen molar-refractivity contribution in [2.24, 2.45) is 5.10 Å². The second kappa shape index (κ2) is 9.48. The Morgan fingerprint density at radius 3 is 2.82 bits per heavy atom. The number of ether oxygens (including phenoxy) is 1. The number of aromatic hydroxyl groups is 1. The summed E-state index contributed by atoms with van der Waals surface area (Å²) >= 11 is 3.26. The van der Waals surface area contributed by atoms with Crippen LogP contribution in [0.2, 0.25) is 0 Å². The molecule has 0 aliphatic carbocycles. The lowest BCUT2D eigenvalue weighted by atomic mass is 10.1. The monoisotopic (exact) mass is 512 g/mol. The molecular weight excluding hydrogens is 496 g/mol. The van der Waals surface area contributed by atoms with E-state index in [1.807, 2.05) is 6.07 Å². The van der Waals surface area contributed by atoms with Gasteiger partial charge in [0.1, 0.15) is 5.69 Å². The minimum atomic E-state index is -0.616. The number of nitrogens with two attached hydrogens (primary N) is 1. The van der Waals surface area contributed by atoms with E-state index in [1.54, 1.807) is 43.3 Å². The number of aromatic nitrogens is 5. The molecule has 0 bridgehead atoms. The molecule has 168 valence electrons. The third-order valence-electron chi connectivity index (χ3n) is 4.36. The number of hydrazone groups is 1. The van der Waals surface area contributed by atoms with Crippen molar-refractivity contribution in [3.63, 3.8) is 0 Å². The molecule has 2 aromatic carbocycles.